The van der Waals surface area contributed by atoms with E-state index in [0.717, 1.165) is 0 Å². The van der Waals surface area contributed by atoms with Gasteiger partial charge in [-0.1, -0.05) is 94.9 Å². The van der Waals surface area contributed by atoms with Crippen LogP contribution in [0.1, 0.15) is 38.9 Å². The monoisotopic (exact) mass is 618 g/mol. The van der Waals surface area contributed by atoms with Crippen LogP contribution in [0.25, 0.3) is 21.5 Å². The third kappa shape index (κ3) is 4.07. The normalized spacial score (nSPS) is 13.2. The van der Waals surface area contributed by atoms with Crippen LogP contribution in [0.15, 0.2) is 109 Å². The second kappa shape index (κ2) is 10.4. The van der Waals surface area contributed by atoms with Gasteiger partial charge in [0.15, 0.2) is 0 Å². The van der Waals surface area contributed by atoms with Crippen LogP contribution in [-0.2, 0) is 0 Å². The van der Waals surface area contributed by atoms with Crippen molar-refractivity contribution in [3.05, 3.63) is 148 Å². The highest BCUT2D eigenvalue weighted by atomic mass is 15.3. The Hall–Kier alpha value is -5.28. The minimum Gasteiger partial charge on any atom is -0.307 e. The topological polar surface area (TPSA) is 6.48 Å². The molecule has 0 bridgehead atoms. The Balaban J connectivity index is 1.50. The van der Waals surface area contributed by atoms with Crippen LogP contribution < -0.4 is 26.2 Å². The predicted octanol–water partition coefficient (Wildman–Crippen LogP) is 10.2. The first-order chi connectivity index (χ1) is 23.2. The third-order valence-corrected chi connectivity index (χ3v) is 11.1. The standard InChI is InChI=1S/C45H39BN2/c1-26-17-31(6)43(32(7)18-26)46-38-15-11-12-16-39(38)48-41-24-34-20-28(3)27(2)19-33(34)23-40(41)47(36-13-9-8-10-14-36)42-25-35-21-29(4)30(5)22-37(35)44(46)45(42)48/h8-25H,1-7H3. The Bertz CT molecular complexity index is 2470. The van der Waals surface area contributed by atoms with E-state index >= 15 is 0 Å². The Morgan fingerprint density at radius 2 is 0.958 bits per heavy atom. The SMILES string of the molecule is Cc1cc(C)c(B2c3ccccc3N3c4cc5cc(C)c(C)cc5cc4N(c4ccccc4)c4cc5cc(C)c(C)cc5c2c43)c(C)c1. The first-order valence-electron chi connectivity index (χ1n) is 17.1. The number of fused-ring (bicyclic) bond motifs is 7. The largest absolute Gasteiger partial charge is 0.307 e. The molecule has 0 saturated carbocycles. The summed E-state index contributed by atoms with van der Waals surface area (Å²) in [6.45, 7) is 15.9. The second-order valence-electron chi connectivity index (χ2n) is 14.3. The van der Waals surface area contributed by atoms with Crippen LogP contribution in [0.4, 0.5) is 34.1 Å². The van der Waals surface area contributed by atoms with E-state index in [-0.39, 0.29) is 6.71 Å². The summed E-state index contributed by atoms with van der Waals surface area (Å²) >= 11 is 0. The van der Waals surface area contributed by atoms with Crippen LogP contribution in [-0.4, -0.2) is 6.71 Å². The maximum absolute atomic E-state index is 2.59. The number of aryl methyl sites for hydroxylation is 7. The Labute approximate surface area is 284 Å². The summed E-state index contributed by atoms with van der Waals surface area (Å²) in [7, 11) is 0. The van der Waals surface area contributed by atoms with Gasteiger partial charge in [-0.3, -0.25) is 0 Å². The van der Waals surface area contributed by atoms with E-state index in [2.05, 4.69) is 167 Å². The van der Waals surface area contributed by atoms with Crippen molar-refractivity contribution >= 4 is 78.8 Å². The average Bonchev–Trinajstić information content (AvgIpc) is 3.06. The Kier molecular flexibility index (Phi) is 6.24. The van der Waals surface area contributed by atoms with Gasteiger partial charge in [0.2, 0.25) is 6.71 Å². The molecule has 2 aliphatic rings. The molecule has 0 aliphatic carbocycles. The Morgan fingerprint density at radius 1 is 0.417 bits per heavy atom. The van der Waals surface area contributed by atoms with Crippen LogP contribution in [0.2, 0.25) is 0 Å². The van der Waals surface area contributed by atoms with E-state index < -0.39 is 0 Å². The fourth-order valence-corrected chi connectivity index (χ4v) is 8.67. The lowest BCUT2D eigenvalue weighted by Crippen LogP contribution is -2.59. The number of benzene rings is 7. The van der Waals surface area contributed by atoms with Gasteiger partial charge in [0, 0.05) is 11.4 Å². The van der Waals surface area contributed by atoms with Crippen molar-refractivity contribution in [1.29, 1.82) is 0 Å². The fourth-order valence-electron chi connectivity index (χ4n) is 8.67. The summed E-state index contributed by atoms with van der Waals surface area (Å²) < 4.78 is 0. The summed E-state index contributed by atoms with van der Waals surface area (Å²) in [6.07, 6.45) is 0. The van der Waals surface area contributed by atoms with Gasteiger partial charge in [-0.25, -0.2) is 0 Å². The molecule has 9 rings (SSSR count). The highest BCUT2D eigenvalue weighted by Gasteiger charge is 2.43. The number of anilines is 6. The maximum Gasteiger partial charge on any atom is 0.248 e. The minimum atomic E-state index is 0.0853. The minimum absolute atomic E-state index is 0.0853. The van der Waals surface area contributed by atoms with Crippen molar-refractivity contribution in [3.63, 3.8) is 0 Å². The molecule has 2 aliphatic heterocycles. The molecule has 2 heterocycles. The van der Waals surface area contributed by atoms with Crippen LogP contribution in [0.3, 0.4) is 0 Å². The molecule has 0 spiro atoms. The van der Waals surface area contributed by atoms with E-state index in [4.69, 9.17) is 0 Å². The zero-order valence-electron chi connectivity index (χ0n) is 28.9. The van der Waals surface area contributed by atoms with Crippen molar-refractivity contribution in [3.8, 4) is 0 Å². The molecular weight excluding hydrogens is 579 g/mol. The lowest BCUT2D eigenvalue weighted by Gasteiger charge is -2.46. The molecule has 0 saturated heterocycles. The van der Waals surface area contributed by atoms with Crippen LogP contribution >= 0.6 is 0 Å². The summed E-state index contributed by atoms with van der Waals surface area (Å²) in [5.74, 6) is 0. The first-order valence-corrected chi connectivity index (χ1v) is 17.1. The van der Waals surface area contributed by atoms with Gasteiger partial charge in [0.05, 0.1) is 22.7 Å². The summed E-state index contributed by atoms with van der Waals surface area (Å²) in [6, 6.07) is 41.7. The lowest BCUT2D eigenvalue weighted by molar-refractivity contribution is 1.18. The molecule has 48 heavy (non-hydrogen) atoms. The van der Waals surface area contributed by atoms with E-state index in [1.54, 1.807) is 0 Å². The molecule has 0 radical (unpaired) electrons. The van der Waals surface area contributed by atoms with Crippen LogP contribution in [0.5, 0.6) is 0 Å². The molecule has 0 amide bonds. The van der Waals surface area contributed by atoms with Crippen molar-refractivity contribution in [2.45, 2.75) is 48.5 Å². The molecule has 2 nitrogen and oxygen atoms in total. The fraction of sp³-hybridized carbons (Fsp3) is 0.156. The average molecular weight is 619 g/mol. The van der Waals surface area contributed by atoms with Gasteiger partial charge in [-0.2, -0.15) is 0 Å². The summed E-state index contributed by atoms with van der Waals surface area (Å²) in [5.41, 5.74) is 20.8. The molecule has 7 aromatic carbocycles. The number of para-hydroxylation sites is 2. The smallest absolute Gasteiger partial charge is 0.248 e. The van der Waals surface area contributed by atoms with Crippen molar-refractivity contribution in [1.82, 2.24) is 0 Å². The molecule has 0 atom stereocenters. The quantitative estimate of drug-likeness (QED) is 0.178. The lowest BCUT2D eigenvalue weighted by atomic mass is 9.33. The van der Waals surface area contributed by atoms with E-state index in [1.165, 1.54) is 111 Å². The molecule has 0 fully saturated rings. The molecule has 232 valence electrons. The molecule has 0 unspecified atom stereocenters. The van der Waals surface area contributed by atoms with Gasteiger partial charge in [-0.15, -0.1) is 0 Å². The number of hydrogen-bond acceptors (Lipinski definition) is 2. The molecule has 0 aromatic heterocycles. The summed E-state index contributed by atoms with van der Waals surface area (Å²) in [5, 5.41) is 5.16. The van der Waals surface area contributed by atoms with E-state index in [1.807, 2.05) is 0 Å². The molecule has 0 N–H and O–H groups in total. The van der Waals surface area contributed by atoms with E-state index in [9.17, 15) is 0 Å². The zero-order valence-corrected chi connectivity index (χ0v) is 28.9. The third-order valence-electron chi connectivity index (χ3n) is 11.1. The number of nitrogens with zero attached hydrogens (tertiary/aromatic N) is 2. The van der Waals surface area contributed by atoms with Crippen molar-refractivity contribution in [2.24, 2.45) is 0 Å². The molecular formula is C45H39BN2. The Morgan fingerprint density at radius 3 is 1.62 bits per heavy atom. The number of rotatable bonds is 2. The first kappa shape index (κ1) is 28.9. The van der Waals surface area contributed by atoms with Gasteiger partial charge in [0.25, 0.3) is 0 Å². The second-order valence-corrected chi connectivity index (χ2v) is 14.3. The highest BCUT2D eigenvalue weighted by molar-refractivity contribution is 7.00. The number of hydrogen-bond donors (Lipinski definition) is 0. The van der Waals surface area contributed by atoms with Crippen molar-refractivity contribution in [2.75, 3.05) is 9.80 Å². The van der Waals surface area contributed by atoms with E-state index in [0.29, 0.717) is 0 Å². The van der Waals surface area contributed by atoms with Gasteiger partial charge >= 0.3 is 0 Å². The van der Waals surface area contributed by atoms with Gasteiger partial charge in [-0.05, 0) is 140 Å². The predicted molar refractivity (Wildman–Crippen MR) is 209 cm³/mol. The van der Waals surface area contributed by atoms with Crippen molar-refractivity contribution < 1.29 is 0 Å². The molecule has 3 heteroatoms. The summed E-state index contributed by atoms with van der Waals surface area (Å²) in [4.78, 5) is 5.11. The van der Waals surface area contributed by atoms with Gasteiger partial charge < -0.3 is 9.80 Å². The molecule has 7 aromatic rings. The zero-order chi connectivity index (χ0) is 33.0. The van der Waals surface area contributed by atoms with Crippen LogP contribution in [0, 0.1) is 48.5 Å². The van der Waals surface area contributed by atoms with Gasteiger partial charge in [0.1, 0.15) is 0 Å². The highest BCUT2D eigenvalue weighted by Crippen LogP contribution is 2.56. The maximum atomic E-state index is 2.59.